The van der Waals surface area contributed by atoms with Crippen LogP contribution in [0.2, 0.25) is 0 Å². The predicted octanol–water partition coefficient (Wildman–Crippen LogP) is 8.92. The van der Waals surface area contributed by atoms with Crippen LogP contribution in [0.1, 0.15) is 63.5 Å². The van der Waals surface area contributed by atoms with Gasteiger partial charge in [-0.15, -0.1) is 6.58 Å². The number of hydrogen-bond donors (Lipinski definition) is 0. The Morgan fingerprint density at radius 3 is 2.24 bits per heavy atom. The molecule has 0 aliphatic heterocycles. The number of aromatic nitrogens is 1. The highest BCUT2D eigenvalue weighted by Crippen LogP contribution is 2.24. The van der Waals surface area contributed by atoms with Crippen LogP contribution in [0.3, 0.4) is 0 Å². The molecule has 2 heteroatoms. The first-order chi connectivity index (χ1) is 16.7. The van der Waals surface area contributed by atoms with Crippen molar-refractivity contribution >= 4 is 6.08 Å². The van der Waals surface area contributed by atoms with Crippen molar-refractivity contribution in [2.75, 3.05) is 6.61 Å². The first-order valence-electron chi connectivity index (χ1n) is 12.7. The average molecular weight is 454 g/mol. The molecule has 178 valence electrons. The van der Waals surface area contributed by atoms with Crippen LogP contribution in [-0.4, -0.2) is 17.7 Å². The summed E-state index contributed by atoms with van der Waals surface area (Å²) in [4.78, 5) is 4.59. The Kier molecular flexibility index (Phi) is 10.8. The van der Waals surface area contributed by atoms with E-state index < -0.39 is 0 Å². The molecule has 0 aliphatic carbocycles. The van der Waals surface area contributed by atoms with Crippen molar-refractivity contribution in [2.45, 2.75) is 64.9 Å². The zero-order valence-electron chi connectivity index (χ0n) is 20.9. The third kappa shape index (κ3) is 8.43. The molecule has 0 amide bonds. The predicted molar refractivity (Wildman–Crippen MR) is 147 cm³/mol. The van der Waals surface area contributed by atoms with Gasteiger partial charge in [0.05, 0.1) is 11.8 Å². The minimum Gasteiger partial charge on any atom is -0.379 e. The summed E-state index contributed by atoms with van der Waals surface area (Å²) in [6.45, 7) is 9.11. The number of unbranched alkanes of at least 4 members (excludes halogenated alkanes) is 3. The van der Waals surface area contributed by atoms with Crippen LogP contribution in [0.25, 0.3) is 28.5 Å². The normalized spacial score (nSPS) is 12.2. The van der Waals surface area contributed by atoms with Crippen LogP contribution < -0.4 is 0 Å². The van der Waals surface area contributed by atoms with E-state index in [1.165, 1.54) is 47.9 Å². The fourth-order valence-electron chi connectivity index (χ4n) is 3.97. The molecule has 0 saturated heterocycles. The van der Waals surface area contributed by atoms with Gasteiger partial charge in [0.2, 0.25) is 0 Å². The van der Waals surface area contributed by atoms with E-state index in [4.69, 9.17) is 4.74 Å². The summed E-state index contributed by atoms with van der Waals surface area (Å²) in [6.07, 6.45) is 16.6. The fourth-order valence-corrected chi connectivity index (χ4v) is 3.97. The lowest BCUT2D eigenvalue weighted by Gasteiger charge is -2.12. The minimum atomic E-state index is 0.364. The van der Waals surface area contributed by atoms with Crippen molar-refractivity contribution < 1.29 is 4.74 Å². The van der Waals surface area contributed by atoms with Gasteiger partial charge in [-0.1, -0.05) is 92.6 Å². The number of benzene rings is 2. The van der Waals surface area contributed by atoms with Crippen molar-refractivity contribution in [3.8, 4) is 22.4 Å². The summed E-state index contributed by atoms with van der Waals surface area (Å²) in [7, 11) is 0. The quantitative estimate of drug-likeness (QED) is 0.179. The summed E-state index contributed by atoms with van der Waals surface area (Å²) in [5.41, 5.74) is 7.01. The molecule has 1 atom stereocenters. The lowest BCUT2D eigenvalue weighted by atomic mass is 10.0. The summed E-state index contributed by atoms with van der Waals surface area (Å²) < 4.78 is 5.88. The molecular formula is C32H39NO. The Morgan fingerprint density at radius 1 is 0.882 bits per heavy atom. The highest BCUT2D eigenvalue weighted by atomic mass is 16.5. The SMILES string of the molecule is C=CCc1ccc(-c2ccc(-c3ccc(C=CCCCC(C)OCCCCC)cc3)cc2)nc1. The summed E-state index contributed by atoms with van der Waals surface area (Å²) >= 11 is 0. The van der Waals surface area contributed by atoms with Crippen LogP contribution >= 0.6 is 0 Å². The molecule has 0 fully saturated rings. The zero-order valence-corrected chi connectivity index (χ0v) is 20.9. The van der Waals surface area contributed by atoms with Gasteiger partial charge in [-0.25, -0.2) is 0 Å². The van der Waals surface area contributed by atoms with Crippen molar-refractivity contribution in [1.29, 1.82) is 0 Å². The average Bonchev–Trinajstić information content (AvgIpc) is 2.88. The number of nitrogens with zero attached hydrogens (tertiary/aromatic N) is 1. The van der Waals surface area contributed by atoms with Gasteiger partial charge in [0.1, 0.15) is 0 Å². The van der Waals surface area contributed by atoms with Crippen LogP contribution in [0, 0.1) is 0 Å². The molecule has 2 aromatic carbocycles. The smallest absolute Gasteiger partial charge is 0.0702 e. The molecule has 0 radical (unpaired) electrons. The van der Waals surface area contributed by atoms with Crippen LogP contribution in [0.15, 0.2) is 85.6 Å². The molecule has 0 aliphatic rings. The highest BCUT2D eigenvalue weighted by molar-refractivity contribution is 5.70. The standard InChI is InChI=1S/C32H39NO/c1-4-6-10-24-34-26(3)12-8-7-9-13-27-14-17-29(18-15-27)30-19-21-31(22-20-30)32-23-16-28(11-5-2)25-33-32/h5,9,13-23,25-26H,2,4,6-8,10-12,24H2,1,3H3. The van der Waals surface area contributed by atoms with Gasteiger partial charge in [-0.05, 0) is 67.3 Å². The van der Waals surface area contributed by atoms with Gasteiger partial charge in [0.15, 0.2) is 0 Å². The molecule has 1 unspecified atom stereocenters. The van der Waals surface area contributed by atoms with Crippen LogP contribution in [0.4, 0.5) is 0 Å². The lowest BCUT2D eigenvalue weighted by molar-refractivity contribution is 0.0566. The van der Waals surface area contributed by atoms with E-state index in [9.17, 15) is 0 Å². The second-order valence-electron chi connectivity index (χ2n) is 8.97. The second kappa shape index (κ2) is 14.3. The van der Waals surface area contributed by atoms with E-state index in [1.807, 2.05) is 12.3 Å². The lowest BCUT2D eigenvalue weighted by Crippen LogP contribution is -2.08. The van der Waals surface area contributed by atoms with Gasteiger partial charge in [0, 0.05) is 18.4 Å². The van der Waals surface area contributed by atoms with Gasteiger partial charge >= 0.3 is 0 Å². The van der Waals surface area contributed by atoms with E-state index in [0.29, 0.717) is 6.10 Å². The molecule has 1 aromatic heterocycles. The Labute approximate surface area is 206 Å². The van der Waals surface area contributed by atoms with Gasteiger partial charge in [-0.3, -0.25) is 4.98 Å². The molecule has 0 N–H and O–H groups in total. The Morgan fingerprint density at radius 2 is 1.59 bits per heavy atom. The van der Waals surface area contributed by atoms with Gasteiger partial charge < -0.3 is 4.74 Å². The molecule has 0 saturated carbocycles. The Balaban J connectivity index is 1.46. The summed E-state index contributed by atoms with van der Waals surface area (Å²) in [6, 6.07) is 21.6. The van der Waals surface area contributed by atoms with Crippen molar-refractivity contribution in [3.05, 3.63) is 96.7 Å². The minimum absolute atomic E-state index is 0.364. The molecule has 2 nitrogen and oxygen atoms in total. The summed E-state index contributed by atoms with van der Waals surface area (Å²) in [5, 5.41) is 0. The molecular weight excluding hydrogens is 414 g/mol. The van der Waals surface area contributed by atoms with Gasteiger partial charge in [-0.2, -0.15) is 0 Å². The van der Waals surface area contributed by atoms with Gasteiger partial charge in [0.25, 0.3) is 0 Å². The fraction of sp³-hybridized carbons (Fsp3) is 0.344. The van der Waals surface area contributed by atoms with E-state index >= 15 is 0 Å². The highest BCUT2D eigenvalue weighted by Gasteiger charge is 2.03. The van der Waals surface area contributed by atoms with Crippen molar-refractivity contribution in [2.24, 2.45) is 0 Å². The van der Waals surface area contributed by atoms with Crippen molar-refractivity contribution in [1.82, 2.24) is 4.98 Å². The number of rotatable bonds is 14. The maximum absolute atomic E-state index is 5.88. The monoisotopic (exact) mass is 453 g/mol. The third-order valence-electron chi connectivity index (χ3n) is 6.07. The first kappa shape index (κ1) is 25.6. The molecule has 1 heterocycles. The topological polar surface area (TPSA) is 22.1 Å². The molecule has 0 bridgehead atoms. The maximum atomic E-state index is 5.88. The molecule has 3 aromatic rings. The Bertz CT molecular complexity index is 1000. The third-order valence-corrected chi connectivity index (χ3v) is 6.07. The second-order valence-corrected chi connectivity index (χ2v) is 8.97. The largest absolute Gasteiger partial charge is 0.379 e. The van der Waals surface area contributed by atoms with E-state index in [2.05, 4.69) is 98.2 Å². The number of ether oxygens (including phenoxy) is 1. The number of allylic oxidation sites excluding steroid dienone is 2. The zero-order chi connectivity index (χ0) is 24.0. The van der Waals surface area contributed by atoms with Crippen LogP contribution in [-0.2, 0) is 11.2 Å². The number of hydrogen-bond acceptors (Lipinski definition) is 2. The van der Waals surface area contributed by atoms with E-state index in [0.717, 1.165) is 37.1 Å². The molecule has 34 heavy (non-hydrogen) atoms. The van der Waals surface area contributed by atoms with E-state index in [1.54, 1.807) is 0 Å². The number of pyridine rings is 1. The summed E-state index contributed by atoms with van der Waals surface area (Å²) in [5.74, 6) is 0. The maximum Gasteiger partial charge on any atom is 0.0702 e. The van der Waals surface area contributed by atoms with E-state index in [-0.39, 0.29) is 0 Å². The molecule has 0 spiro atoms. The Hall–Kier alpha value is -2.97. The van der Waals surface area contributed by atoms with Crippen molar-refractivity contribution in [3.63, 3.8) is 0 Å². The molecule has 3 rings (SSSR count). The first-order valence-corrected chi connectivity index (χ1v) is 12.7. The van der Waals surface area contributed by atoms with Crippen LogP contribution in [0.5, 0.6) is 0 Å².